The molecule has 0 aromatic carbocycles. The van der Waals surface area contributed by atoms with Crippen LogP contribution in [0.15, 0.2) is 0 Å². The Labute approximate surface area is 96.6 Å². The second-order valence-electron chi connectivity index (χ2n) is 4.16. The van der Waals surface area contributed by atoms with Crippen molar-refractivity contribution in [1.82, 2.24) is 10.6 Å². The van der Waals surface area contributed by atoms with Crippen molar-refractivity contribution in [1.29, 1.82) is 0 Å². The van der Waals surface area contributed by atoms with Crippen LogP contribution in [0.25, 0.3) is 0 Å². The quantitative estimate of drug-likeness (QED) is 0.508. The number of hydrogen-bond donors (Lipinski definition) is 3. The van der Waals surface area contributed by atoms with E-state index in [0.29, 0.717) is 19.4 Å². The highest BCUT2D eigenvalue weighted by atomic mass is 16.2. The first-order valence-electron chi connectivity index (χ1n) is 6.08. The first-order valence-corrected chi connectivity index (χ1v) is 6.08. The van der Waals surface area contributed by atoms with Gasteiger partial charge in [0.2, 0.25) is 11.8 Å². The fourth-order valence-electron chi connectivity index (χ4n) is 1.90. The van der Waals surface area contributed by atoms with Crippen molar-refractivity contribution in [2.45, 2.75) is 32.7 Å². The predicted octanol–water partition coefficient (Wildman–Crippen LogP) is -1.69. The lowest BCUT2D eigenvalue weighted by atomic mass is 10.2. The van der Waals surface area contributed by atoms with Crippen molar-refractivity contribution in [3.05, 3.63) is 0 Å². The summed E-state index contributed by atoms with van der Waals surface area (Å²) in [5, 5.41) is 5.53. The van der Waals surface area contributed by atoms with Gasteiger partial charge in [0.15, 0.2) is 0 Å². The summed E-state index contributed by atoms with van der Waals surface area (Å²) in [7, 11) is 0. The Morgan fingerprint density at radius 1 is 1.50 bits per heavy atom. The van der Waals surface area contributed by atoms with E-state index in [-0.39, 0.29) is 17.9 Å². The van der Waals surface area contributed by atoms with E-state index in [4.69, 9.17) is 0 Å². The Morgan fingerprint density at radius 2 is 2.19 bits per heavy atom. The molecule has 0 saturated carbocycles. The zero-order chi connectivity index (χ0) is 12.0. The highest BCUT2D eigenvalue weighted by Crippen LogP contribution is 2.05. The third kappa shape index (κ3) is 3.81. The van der Waals surface area contributed by atoms with Crippen LogP contribution in [0.3, 0.4) is 0 Å². The van der Waals surface area contributed by atoms with Gasteiger partial charge < -0.3 is 15.5 Å². The van der Waals surface area contributed by atoms with E-state index in [2.05, 4.69) is 24.5 Å². The molecule has 16 heavy (non-hydrogen) atoms. The van der Waals surface area contributed by atoms with Gasteiger partial charge in [0.25, 0.3) is 0 Å². The number of carbonyl (C=O) groups excluding carboxylic acids is 2. The lowest BCUT2D eigenvalue weighted by molar-refractivity contribution is -0.895. The van der Waals surface area contributed by atoms with Crippen molar-refractivity contribution in [3.8, 4) is 0 Å². The number of nitrogens with one attached hydrogen (secondary N) is 3. The standard InChI is InChI=1S/C11H21N3O2/c1-3-14(4-2)8-7-12-11(16)9-5-6-10(15)13-9/h9H,3-8H2,1-2H3,(H,12,16)(H,13,15)/p+1/t9-/m0/s1. The Hall–Kier alpha value is -1.10. The summed E-state index contributed by atoms with van der Waals surface area (Å²) in [6.07, 6.45) is 1.10. The van der Waals surface area contributed by atoms with Gasteiger partial charge in [-0.05, 0) is 20.3 Å². The average Bonchev–Trinajstić information content (AvgIpc) is 2.71. The molecule has 1 aliphatic heterocycles. The highest BCUT2D eigenvalue weighted by Gasteiger charge is 2.26. The van der Waals surface area contributed by atoms with Crippen LogP contribution in [0.4, 0.5) is 0 Å². The fourth-order valence-corrected chi connectivity index (χ4v) is 1.90. The predicted molar refractivity (Wildman–Crippen MR) is 61.1 cm³/mol. The van der Waals surface area contributed by atoms with Crippen molar-refractivity contribution >= 4 is 11.8 Å². The summed E-state index contributed by atoms with van der Waals surface area (Å²) in [5.74, 6) is -0.0630. The third-order valence-electron chi connectivity index (χ3n) is 3.09. The van der Waals surface area contributed by atoms with Crippen LogP contribution in [-0.2, 0) is 9.59 Å². The largest absolute Gasteiger partial charge is 0.349 e. The molecule has 1 heterocycles. The summed E-state index contributed by atoms with van der Waals surface area (Å²) in [6.45, 7) is 8.05. The summed E-state index contributed by atoms with van der Waals surface area (Å²) < 4.78 is 0. The van der Waals surface area contributed by atoms with Crippen molar-refractivity contribution in [2.75, 3.05) is 26.2 Å². The molecule has 0 aromatic heterocycles. The van der Waals surface area contributed by atoms with Crippen molar-refractivity contribution < 1.29 is 14.5 Å². The Kier molecular flexibility index (Phi) is 5.25. The summed E-state index contributed by atoms with van der Waals surface area (Å²) >= 11 is 0. The molecule has 0 bridgehead atoms. The van der Waals surface area contributed by atoms with Gasteiger partial charge in [-0.25, -0.2) is 0 Å². The van der Waals surface area contributed by atoms with E-state index in [1.54, 1.807) is 0 Å². The van der Waals surface area contributed by atoms with Crippen molar-refractivity contribution in [2.24, 2.45) is 0 Å². The summed E-state index contributed by atoms with van der Waals surface area (Å²) in [5.41, 5.74) is 0. The maximum Gasteiger partial charge on any atom is 0.242 e. The average molecular weight is 228 g/mol. The van der Waals surface area contributed by atoms with Gasteiger partial charge in [-0.2, -0.15) is 0 Å². The summed E-state index contributed by atoms with van der Waals surface area (Å²) in [6, 6.07) is -0.306. The summed E-state index contributed by atoms with van der Waals surface area (Å²) in [4.78, 5) is 24.0. The lowest BCUT2D eigenvalue weighted by Crippen LogP contribution is -3.12. The van der Waals surface area contributed by atoms with E-state index in [9.17, 15) is 9.59 Å². The molecule has 1 saturated heterocycles. The lowest BCUT2D eigenvalue weighted by Gasteiger charge is -2.16. The van der Waals surface area contributed by atoms with Gasteiger partial charge in [0.1, 0.15) is 6.04 Å². The monoisotopic (exact) mass is 228 g/mol. The van der Waals surface area contributed by atoms with Crippen LogP contribution >= 0.6 is 0 Å². The zero-order valence-electron chi connectivity index (χ0n) is 10.1. The van der Waals surface area contributed by atoms with E-state index >= 15 is 0 Å². The maximum atomic E-state index is 11.6. The van der Waals surface area contributed by atoms with Gasteiger partial charge >= 0.3 is 0 Å². The first kappa shape index (κ1) is 13.0. The molecule has 2 amide bonds. The van der Waals surface area contributed by atoms with E-state index in [1.807, 2.05) is 0 Å². The van der Waals surface area contributed by atoms with Crippen LogP contribution in [-0.4, -0.2) is 44.0 Å². The molecule has 1 rings (SSSR count). The zero-order valence-corrected chi connectivity index (χ0v) is 10.1. The minimum atomic E-state index is -0.306. The molecule has 3 N–H and O–H groups in total. The van der Waals surface area contributed by atoms with Crippen LogP contribution in [0.2, 0.25) is 0 Å². The SMILES string of the molecule is CC[NH+](CC)CCNC(=O)[C@@H]1CCC(=O)N1. The smallest absolute Gasteiger partial charge is 0.242 e. The van der Waals surface area contributed by atoms with Gasteiger partial charge in [-0.15, -0.1) is 0 Å². The second-order valence-corrected chi connectivity index (χ2v) is 4.16. The van der Waals surface area contributed by atoms with Crippen LogP contribution < -0.4 is 15.5 Å². The number of likely N-dealkylation sites (N-methyl/N-ethyl adjacent to an activating group) is 1. The van der Waals surface area contributed by atoms with Gasteiger partial charge in [-0.3, -0.25) is 9.59 Å². The van der Waals surface area contributed by atoms with Gasteiger partial charge in [0, 0.05) is 6.42 Å². The molecule has 0 aromatic rings. The van der Waals surface area contributed by atoms with Crippen LogP contribution in [0.5, 0.6) is 0 Å². The Bertz CT molecular complexity index is 252. The fraction of sp³-hybridized carbons (Fsp3) is 0.818. The maximum absolute atomic E-state index is 11.6. The number of quaternary nitrogens is 1. The van der Waals surface area contributed by atoms with Crippen LogP contribution in [0, 0.1) is 0 Å². The minimum absolute atomic E-state index is 0.0190. The normalized spacial score (nSPS) is 19.9. The van der Waals surface area contributed by atoms with E-state index < -0.39 is 0 Å². The first-order chi connectivity index (χ1) is 7.67. The third-order valence-corrected chi connectivity index (χ3v) is 3.09. The van der Waals surface area contributed by atoms with Crippen molar-refractivity contribution in [3.63, 3.8) is 0 Å². The number of rotatable bonds is 6. The molecule has 1 aliphatic rings. The Morgan fingerprint density at radius 3 is 2.69 bits per heavy atom. The number of amides is 2. The molecule has 92 valence electrons. The Balaban J connectivity index is 2.17. The molecular formula is C11H22N3O2+. The van der Waals surface area contributed by atoms with Gasteiger partial charge in [-0.1, -0.05) is 0 Å². The molecule has 5 nitrogen and oxygen atoms in total. The number of hydrogen-bond acceptors (Lipinski definition) is 2. The minimum Gasteiger partial charge on any atom is -0.349 e. The molecule has 1 fully saturated rings. The van der Waals surface area contributed by atoms with Crippen LogP contribution in [0.1, 0.15) is 26.7 Å². The topological polar surface area (TPSA) is 62.6 Å². The van der Waals surface area contributed by atoms with Gasteiger partial charge in [0.05, 0.1) is 26.2 Å². The molecule has 5 heteroatoms. The molecule has 0 unspecified atom stereocenters. The van der Waals surface area contributed by atoms with E-state index in [1.165, 1.54) is 4.90 Å². The molecule has 0 aliphatic carbocycles. The van der Waals surface area contributed by atoms with E-state index in [0.717, 1.165) is 19.6 Å². The highest BCUT2D eigenvalue weighted by molar-refractivity contribution is 5.90. The number of carbonyl (C=O) groups is 2. The molecule has 0 spiro atoms. The molecule has 0 radical (unpaired) electrons. The molecular weight excluding hydrogens is 206 g/mol. The molecule has 1 atom stereocenters. The second kappa shape index (κ2) is 6.48.